The fraction of sp³-hybridized carbons (Fsp3) is 0.579. The summed E-state index contributed by atoms with van der Waals surface area (Å²) in [5.74, 6) is -3.43. The van der Waals surface area contributed by atoms with Gasteiger partial charge in [-0.2, -0.15) is 0 Å². The van der Waals surface area contributed by atoms with Gasteiger partial charge in [-0.3, -0.25) is 33.8 Å². The van der Waals surface area contributed by atoms with E-state index in [0.717, 1.165) is 24.0 Å². The smallest absolute Gasteiger partial charge is 0.272 e. The number of hydrogen-bond donors (Lipinski definition) is 2. The van der Waals surface area contributed by atoms with Crippen LogP contribution in [0.4, 0.5) is 0 Å². The number of hydrogen-bond acceptors (Lipinski definition) is 8. The molecule has 264 valence electrons. The van der Waals surface area contributed by atoms with E-state index >= 15 is 0 Å². The zero-order valence-electron chi connectivity index (χ0n) is 29.7. The molecule has 1 aliphatic carbocycles. The van der Waals surface area contributed by atoms with Gasteiger partial charge in [-0.25, -0.2) is 4.98 Å². The summed E-state index contributed by atoms with van der Waals surface area (Å²) in [5.41, 5.74) is 1.12. The van der Waals surface area contributed by atoms with Gasteiger partial charge in [0.25, 0.3) is 5.91 Å². The second kappa shape index (κ2) is 16.4. The van der Waals surface area contributed by atoms with Gasteiger partial charge in [0.2, 0.25) is 17.6 Å². The van der Waals surface area contributed by atoms with E-state index < -0.39 is 58.7 Å². The Labute approximate surface area is 289 Å². The van der Waals surface area contributed by atoms with Crippen molar-refractivity contribution in [3.05, 3.63) is 59.7 Å². The maximum absolute atomic E-state index is 14.6. The fourth-order valence-corrected chi connectivity index (χ4v) is 6.39. The van der Waals surface area contributed by atoms with E-state index in [2.05, 4.69) is 20.6 Å². The monoisotopic (exact) mass is 673 g/mol. The van der Waals surface area contributed by atoms with Crippen molar-refractivity contribution in [2.45, 2.75) is 118 Å². The number of benzene rings is 1. The summed E-state index contributed by atoms with van der Waals surface area (Å²) in [5, 5.41) is 5.71. The van der Waals surface area contributed by atoms with E-state index in [-0.39, 0.29) is 49.1 Å². The molecule has 2 aromatic rings. The summed E-state index contributed by atoms with van der Waals surface area (Å²) >= 11 is 0. The van der Waals surface area contributed by atoms with Crippen LogP contribution in [0.15, 0.2) is 42.9 Å². The van der Waals surface area contributed by atoms with Gasteiger partial charge in [-0.1, -0.05) is 78.6 Å². The number of nitrogens with one attached hydrogen (secondary N) is 2. The van der Waals surface area contributed by atoms with Crippen LogP contribution in [0, 0.1) is 23.2 Å². The van der Waals surface area contributed by atoms with Gasteiger partial charge >= 0.3 is 0 Å². The minimum Gasteiger partial charge on any atom is -0.342 e. The first-order chi connectivity index (χ1) is 23.2. The van der Waals surface area contributed by atoms with Gasteiger partial charge in [0.1, 0.15) is 17.8 Å². The van der Waals surface area contributed by atoms with Crippen molar-refractivity contribution in [2.24, 2.45) is 23.2 Å². The van der Waals surface area contributed by atoms with E-state index in [4.69, 9.17) is 0 Å². The molecule has 4 rings (SSSR count). The lowest BCUT2D eigenvalue weighted by molar-refractivity contribution is -0.147. The first-order valence-corrected chi connectivity index (χ1v) is 17.6. The number of Topliss-reactive ketones (excluding diaryl/α,β-unsaturated/α-hetero) is 3. The van der Waals surface area contributed by atoms with Crippen molar-refractivity contribution in [1.29, 1.82) is 0 Å². The van der Waals surface area contributed by atoms with E-state index in [0.29, 0.717) is 19.3 Å². The van der Waals surface area contributed by atoms with Crippen LogP contribution >= 0.6 is 0 Å². The van der Waals surface area contributed by atoms with E-state index in [1.165, 1.54) is 23.5 Å². The predicted molar refractivity (Wildman–Crippen MR) is 184 cm³/mol. The number of fused-ring (bicyclic) bond motifs is 1. The van der Waals surface area contributed by atoms with Crippen LogP contribution in [0.25, 0.3) is 0 Å². The molecule has 0 radical (unpaired) electrons. The maximum Gasteiger partial charge on any atom is 0.272 e. The number of carbonyl (C=O) groups is 6. The Kier molecular flexibility index (Phi) is 12.6. The summed E-state index contributed by atoms with van der Waals surface area (Å²) in [7, 11) is 0. The first-order valence-electron chi connectivity index (χ1n) is 17.6. The second-order valence-corrected chi connectivity index (χ2v) is 14.8. The third-order valence-electron chi connectivity index (χ3n) is 9.78. The molecule has 1 fully saturated rings. The van der Waals surface area contributed by atoms with E-state index in [1.807, 2.05) is 65.8 Å². The Hall–Kier alpha value is -4.28. The molecule has 0 spiro atoms. The van der Waals surface area contributed by atoms with Gasteiger partial charge in [0.15, 0.2) is 11.6 Å². The van der Waals surface area contributed by atoms with Crippen LogP contribution in [0.3, 0.4) is 0 Å². The summed E-state index contributed by atoms with van der Waals surface area (Å²) in [4.78, 5) is 91.2. The van der Waals surface area contributed by atoms with Gasteiger partial charge in [-0.05, 0) is 47.6 Å². The Morgan fingerprint density at radius 3 is 2.27 bits per heavy atom. The summed E-state index contributed by atoms with van der Waals surface area (Å²) < 4.78 is 0. The molecule has 1 saturated carbocycles. The number of amides is 3. The van der Waals surface area contributed by atoms with Crippen LogP contribution in [0.2, 0.25) is 0 Å². The van der Waals surface area contributed by atoms with Crippen molar-refractivity contribution in [3.8, 4) is 0 Å². The summed E-state index contributed by atoms with van der Waals surface area (Å²) in [6.07, 6.45) is 8.05. The molecule has 0 saturated heterocycles. The quantitative estimate of drug-likeness (QED) is 0.248. The average molecular weight is 674 g/mol. The van der Waals surface area contributed by atoms with Crippen LogP contribution in [0.5, 0.6) is 0 Å². The van der Waals surface area contributed by atoms with Crippen LogP contribution < -0.4 is 10.6 Å². The predicted octanol–water partition coefficient (Wildman–Crippen LogP) is 4.42. The minimum absolute atomic E-state index is 0.0643. The molecule has 1 aliphatic heterocycles. The third kappa shape index (κ3) is 9.67. The number of nitrogens with zero attached hydrogens (tertiary/aromatic N) is 3. The van der Waals surface area contributed by atoms with Crippen molar-refractivity contribution in [3.63, 3.8) is 0 Å². The lowest BCUT2D eigenvalue weighted by Crippen LogP contribution is -2.62. The summed E-state index contributed by atoms with van der Waals surface area (Å²) in [6.45, 7) is 11.3. The number of rotatable bonds is 16. The fourth-order valence-electron chi connectivity index (χ4n) is 6.39. The maximum atomic E-state index is 14.6. The third-order valence-corrected chi connectivity index (χ3v) is 9.78. The Morgan fingerprint density at radius 2 is 1.67 bits per heavy atom. The van der Waals surface area contributed by atoms with Crippen molar-refractivity contribution < 1.29 is 28.8 Å². The highest BCUT2D eigenvalue weighted by Gasteiger charge is 2.44. The van der Waals surface area contributed by atoms with Gasteiger partial charge < -0.3 is 15.5 Å². The lowest BCUT2D eigenvalue weighted by Gasteiger charge is -2.41. The first kappa shape index (κ1) is 37.5. The molecular weight excluding hydrogens is 622 g/mol. The van der Waals surface area contributed by atoms with Gasteiger partial charge in [0.05, 0.1) is 12.2 Å². The molecule has 1 aromatic carbocycles. The largest absolute Gasteiger partial charge is 0.342 e. The molecule has 2 N–H and O–H groups in total. The number of aromatic nitrogens is 2. The lowest BCUT2D eigenvalue weighted by atomic mass is 9.82. The van der Waals surface area contributed by atoms with Gasteiger partial charge in [-0.15, -0.1) is 0 Å². The Morgan fingerprint density at radius 1 is 0.980 bits per heavy atom. The molecular formula is C38H51N5O6. The van der Waals surface area contributed by atoms with Crippen molar-refractivity contribution in [1.82, 2.24) is 25.5 Å². The van der Waals surface area contributed by atoms with Crippen molar-refractivity contribution >= 4 is 35.1 Å². The summed E-state index contributed by atoms with van der Waals surface area (Å²) in [6, 6.07) is 4.73. The van der Waals surface area contributed by atoms with Crippen LogP contribution in [0.1, 0.15) is 108 Å². The highest BCUT2D eigenvalue weighted by atomic mass is 16.2. The Balaban J connectivity index is 1.60. The van der Waals surface area contributed by atoms with Crippen LogP contribution in [-0.4, -0.2) is 68.1 Å². The van der Waals surface area contributed by atoms with Crippen LogP contribution in [-0.2, 0) is 36.9 Å². The standard InChI is InChI=1S/C38H51N5O6/c1-7-11-26(33(46)31(45)18-24-14-15-24)20-30(44)29-19-25-12-9-10-13-27(25)22-43(29)37(49)34(38(4,5)6)42-36(48)32(23(3)8-2)41-35(47)28-21-39-16-17-40-28/h9-10,12-13,16-17,21,23-24,26,29,32,34H,7-8,11,14-15,18-20,22H2,1-6H3,(H,41,47)(H,42,48)/t23-,26+,29-,32-,34+/m0/s1. The van der Waals surface area contributed by atoms with E-state index in [1.54, 1.807) is 0 Å². The second-order valence-electron chi connectivity index (χ2n) is 14.8. The molecule has 2 aliphatic rings. The molecule has 3 amide bonds. The molecule has 2 heterocycles. The van der Waals surface area contributed by atoms with E-state index in [9.17, 15) is 28.8 Å². The zero-order valence-corrected chi connectivity index (χ0v) is 29.7. The molecule has 1 aromatic heterocycles. The van der Waals surface area contributed by atoms with Gasteiger partial charge in [0, 0.05) is 44.1 Å². The molecule has 0 unspecified atom stereocenters. The minimum atomic E-state index is -1.05. The molecule has 5 atom stereocenters. The topological polar surface area (TPSA) is 156 Å². The number of ketones is 3. The molecule has 11 nitrogen and oxygen atoms in total. The molecule has 11 heteroatoms. The average Bonchev–Trinajstić information content (AvgIpc) is 3.91. The highest BCUT2D eigenvalue weighted by Crippen LogP contribution is 2.34. The highest BCUT2D eigenvalue weighted by molar-refractivity contribution is 6.38. The molecule has 0 bridgehead atoms. The molecule has 49 heavy (non-hydrogen) atoms. The van der Waals surface area contributed by atoms with Crippen molar-refractivity contribution in [2.75, 3.05) is 0 Å². The normalized spacial score (nSPS) is 18.3. The number of carbonyl (C=O) groups excluding carboxylic acids is 6. The Bertz CT molecular complexity index is 1530. The SMILES string of the molecule is CCC[C@H](CC(=O)[C@@H]1Cc2ccccc2CN1C(=O)[C@@H](NC(=O)[C@@H](NC(=O)c1cnccn1)[C@@H](C)CC)C(C)(C)C)C(=O)C(=O)CC1CC1. The zero-order chi connectivity index (χ0) is 35.9.